The zero-order chi connectivity index (χ0) is 15.7. The summed E-state index contributed by atoms with van der Waals surface area (Å²) in [5.74, 6) is -0.0120. The van der Waals surface area contributed by atoms with Gasteiger partial charge in [0.25, 0.3) is 0 Å². The highest BCUT2D eigenvalue weighted by atomic mass is 16.5. The highest BCUT2D eigenvalue weighted by molar-refractivity contribution is 5.97. The van der Waals surface area contributed by atoms with E-state index in [-0.39, 0.29) is 29.2 Å². The second-order valence-electron chi connectivity index (χ2n) is 7.05. The normalized spacial score (nSPS) is 25.9. The second kappa shape index (κ2) is 6.12. The lowest BCUT2D eigenvalue weighted by Gasteiger charge is -2.47. The lowest BCUT2D eigenvalue weighted by molar-refractivity contribution is -0.158. The predicted octanol–water partition coefficient (Wildman–Crippen LogP) is 1.42. The van der Waals surface area contributed by atoms with E-state index in [1.807, 2.05) is 41.5 Å². The number of methoxy groups -OCH3 is 1. The molecular weight excluding hydrogens is 256 g/mol. The topological polar surface area (TPSA) is 58.6 Å². The molecule has 1 rings (SSSR count). The van der Waals surface area contributed by atoms with Gasteiger partial charge in [-0.1, -0.05) is 34.6 Å². The van der Waals surface area contributed by atoms with Gasteiger partial charge in [0.2, 0.25) is 11.8 Å². The van der Waals surface area contributed by atoms with Crippen molar-refractivity contribution < 1.29 is 14.3 Å². The maximum absolute atomic E-state index is 12.8. The Bertz CT molecular complexity index is 374. The first-order valence-corrected chi connectivity index (χ1v) is 7.22. The molecular formula is C15H28N2O3. The van der Waals surface area contributed by atoms with Crippen LogP contribution in [0.2, 0.25) is 0 Å². The predicted molar refractivity (Wildman–Crippen MR) is 78.2 cm³/mol. The molecule has 1 N–H and O–H groups in total. The van der Waals surface area contributed by atoms with Gasteiger partial charge in [0.05, 0.1) is 12.6 Å². The van der Waals surface area contributed by atoms with Gasteiger partial charge < -0.3 is 15.0 Å². The molecule has 0 bridgehead atoms. The molecule has 0 aromatic rings. The summed E-state index contributed by atoms with van der Waals surface area (Å²) in [7, 11) is 1.61. The summed E-state index contributed by atoms with van der Waals surface area (Å²) < 4.78 is 5.16. The van der Waals surface area contributed by atoms with Crippen molar-refractivity contribution in [2.24, 2.45) is 11.3 Å². The van der Waals surface area contributed by atoms with Gasteiger partial charge in [0, 0.05) is 7.11 Å². The van der Waals surface area contributed by atoms with Crippen molar-refractivity contribution in [3.05, 3.63) is 0 Å². The van der Waals surface area contributed by atoms with Gasteiger partial charge in [-0.3, -0.25) is 9.59 Å². The van der Waals surface area contributed by atoms with Crippen molar-refractivity contribution >= 4 is 11.8 Å². The Balaban J connectivity index is 3.14. The van der Waals surface area contributed by atoms with Crippen LogP contribution in [-0.2, 0) is 14.3 Å². The Morgan fingerprint density at radius 3 is 2.20 bits per heavy atom. The molecule has 0 saturated carbocycles. The average molecular weight is 284 g/mol. The van der Waals surface area contributed by atoms with Gasteiger partial charge in [-0.15, -0.1) is 0 Å². The summed E-state index contributed by atoms with van der Waals surface area (Å²) in [6.07, 6.45) is 0. The van der Waals surface area contributed by atoms with Crippen molar-refractivity contribution in [2.75, 3.05) is 13.7 Å². The van der Waals surface area contributed by atoms with E-state index >= 15 is 0 Å². The molecule has 0 aliphatic carbocycles. The molecule has 2 amide bonds. The summed E-state index contributed by atoms with van der Waals surface area (Å²) in [4.78, 5) is 26.9. The minimum atomic E-state index is -0.482. The van der Waals surface area contributed by atoms with Crippen LogP contribution in [0.4, 0.5) is 0 Å². The maximum atomic E-state index is 12.8. The molecule has 0 spiro atoms. The molecule has 116 valence electrons. The lowest BCUT2D eigenvalue weighted by atomic mass is 9.82. The Kier molecular flexibility index (Phi) is 5.19. The first-order chi connectivity index (χ1) is 9.11. The van der Waals surface area contributed by atoms with Crippen molar-refractivity contribution in [1.29, 1.82) is 0 Å². The zero-order valence-electron chi connectivity index (χ0n) is 13.7. The van der Waals surface area contributed by atoms with Crippen LogP contribution in [-0.4, -0.2) is 48.6 Å². The second-order valence-corrected chi connectivity index (χ2v) is 7.05. The van der Waals surface area contributed by atoms with Crippen molar-refractivity contribution in [2.45, 2.75) is 59.7 Å². The largest absolute Gasteiger partial charge is 0.383 e. The molecule has 0 radical (unpaired) electrons. The monoisotopic (exact) mass is 284 g/mol. The Labute approximate surface area is 122 Å². The molecule has 3 atom stereocenters. The molecule has 5 heteroatoms. The molecule has 1 fully saturated rings. The van der Waals surface area contributed by atoms with Crippen LogP contribution in [0, 0.1) is 11.3 Å². The molecule has 20 heavy (non-hydrogen) atoms. The SMILES string of the molecule is COCC(C)N1C(=O)C(C(C)(C)C)NC(=O)C1C(C)C. The number of rotatable bonds is 4. The number of amides is 2. The summed E-state index contributed by atoms with van der Waals surface area (Å²) in [5, 5.41) is 2.89. The summed E-state index contributed by atoms with van der Waals surface area (Å²) in [5.41, 5.74) is -0.306. The van der Waals surface area contributed by atoms with Gasteiger partial charge >= 0.3 is 0 Å². The van der Waals surface area contributed by atoms with Gasteiger partial charge in [-0.2, -0.15) is 0 Å². The average Bonchev–Trinajstić information content (AvgIpc) is 2.29. The fourth-order valence-electron chi connectivity index (χ4n) is 2.73. The lowest BCUT2D eigenvalue weighted by Crippen LogP contribution is -2.69. The Morgan fingerprint density at radius 2 is 1.80 bits per heavy atom. The number of carbonyl (C=O) groups is 2. The number of nitrogens with one attached hydrogen (secondary N) is 1. The number of hydrogen-bond donors (Lipinski definition) is 1. The first kappa shape index (κ1) is 17.0. The molecule has 0 aromatic heterocycles. The van der Waals surface area contributed by atoms with Crippen LogP contribution in [0.25, 0.3) is 0 Å². The van der Waals surface area contributed by atoms with Crippen LogP contribution in [0.5, 0.6) is 0 Å². The number of hydrogen-bond acceptors (Lipinski definition) is 3. The van der Waals surface area contributed by atoms with Crippen LogP contribution < -0.4 is 5.32 Å². The molecule has 1 aliphatic heterocycles. The number of carbonyl (C=O) groups excluding carboxylic acids is 2. The minimum absolute atomic E-state index is 0.0136. The third-order valence-electron chi connectivity index (χ3n) is 3.74. The third-order valence-corrected chi connectivity index (χ3v) is 3.74. The standard InChI is InChI=1S/C15H28N2O3/c1-9(2)11-13(18)16-12(15(4,5)6)14(19)17(11)10(3)8-20-7/h9-12H,8H2,1-7H3,(H,16,18). The number of ether oxygens (including phenoxy) is 1. The van der Waals surface area contributed by atoms with E-state index in [0.717, 1.165) is 0 Å². The van der Waals surface area contributed by atoms with E-state index in [2.05, 4.69) is 5.32 Å². The summed E-state index contributed by atoms with van der Waals surface area (Å²) in [6.45, 7) is 12.2. The van der Waals surface area contributed by atoms with E-state index in [1.54, 1.807) is 12.0 Å². The molecule has 1 saturated heterocycles. The zero-order valence-corrected chi connectivity index (χ0v) is 13.7. The summed E-state index contributed by atoms with van der Waals surface area (Å²) >= 11 is 0. The molecule has 0 aromatic carbocycles. The fourth-order valence-corrected chi connectivity index (χ4v) is 2.73. The minimum Gasteiger partial charge on any atom is -0.383 e. The van der Waals surface area contributed by atoms with E-state index in [9.17, 15) is 9.59 Å². The number of nitrogens with zero attached hydrogens (tertiary/aromatic N) is 1. The van der Waals surface area contributed by atoms with Gasteiger partial charge in [-0.25, -0.2) is 0 Å². The van der Waals surface area contributed by atoms with E-state index in [1.165, 1.54) is 0 Å². The smallest absolute Gasteiger partial charge is 0.246 e. The van der Waals surface area contributed by atoms with Crippen molar-refractivity contribution in [3.63, 3.8) is 0 Å². The number of piperazine rings is 1. The van der Waals surface area contributed by atoms with E-state index < -0.39 is 12.1 Å². The third kappa shape index (κ3) is 3.32. The van der Waals surface area contributed by atoms with E-state index in [0.29, 0.717) is 6.61 Å². The molecule has 5 nitrogen and oxygen atoms in total. The van der Waals surface area contributed by atoms with Crippen LogP contribution >= 0.6 is 0 Å². The molecule has 3 unspecified atom stereocenters. The van der Waals surface area contributed by atoms with Crippen LogP contribution in [0.1, 0.15) is 41.5 Å². The van der Waals surface area contributed by atoms with Gasteiger partial charge in [0.15, 0.2) is 0 Å². The van der Waals surface area contributed by atoms with Gasteiger partial charge in [0.1, 0.15) is 12.1 Å². The van der Waals surface area contributed by atoms with Crippen molar-refractivity contribution in [1.82, 2.24) is 10.2 Å². The van der Waals surface area contributed by atoms with Crippen molar-refractivity contribution in [3.8, 4) is 0 Å². The Hall–Kier alpha value is -1.10. The Morgan fingerprint density at radius 1 is 1.25 bits per heavy atom. The molecule has 1 heterocycles. The highest BCUT2D eigenvalue weighted by Crippen LogP contribution is 2.28. The maximum Gasteiger partial charge on any atom is 0.246 e. The first-order valence-electron chi connectivity index (χ1n) is 7.22. The van der Waals surface area contributed by atoms with Gasteiger partial charge in [-0.05, 0) is 18.3 Å². The highest BCUT2D eigenvalue weighted by Gasteiger charge is 2.47. The summed E-state index contributed by atoms with van der Waals surface area (Å²) in [6, 6.07) is -1.02. The fraction of sp³-hybridized carbons (Fsp3) is 0.867. The van der Waals surface area contributed by atoms with Crippen LogP contribution in [0.15, 0.2) is 0 Å². The van der Waals surface area contributed by atoms with E-state index in [4.69, 9.17) is 4.74 Å². The quantitative estimate of drug-likeness (QED) is 0.849. The molecule has 1 aliphatic rings. The van der Waals surface area contributed by atoms with Crippen LogP contribution in [0.3, 0.4) is 0 Å².